The summed E-state index contributed by atoms with van der Waals surface area (Å²) in [6.07, 6.45) is 1.59. The van der Waals surface area contributed by atoms with Crippen LogP contribution < -0.4 is 5.32 Å². The maximum Gasteiger partial charge on any atom is 0.252 e. The lowest BCUT2D eigenvalue weighted by molar-refractivity contribution is 0.0940. The summed E-state index contributed by atoms with van der Waals surface area (Å²) in [6.45, 7) is 4.81. The van der Waals surface area contributed by atoms with Crippen molar-refractivity contribution in [2.75, 3.05) is 13.2 Å². The van der Waals surface area contributed by atoms with Crippen LogP contribution >= 0.6 is 15.9 Å². The molecule has 0 bridgehead atoms. The maximum atomic E-state index is 13.2. The van der Waals surface area contributed by atoms with Gasteiger partial charge in [-0.05, 0) is 58.8 Å². The van der Waals surface area contributed by atoms with E-state index in [9.17, 15) is 9.18 Å². The zero-order chi connectivity index (χ0) is 15.1. The molecule has 0 aliphatic carbocycles. The van der Waals surface area contributed by atoms with E-state index in [0.717, 1.165) is 6.42 Å². The Bertz CT molecular complexity index is 451. The van der Waals surface area contributed by atoms with E-state index in [0.29, 0.717) is 23.4 Å². The molecule has 1 atom stereocenters. The first-order chi connectivity index (χ1) is 9.43. The first-order valence-electron chi connectivity index (χ1n) is 6.78. The monoisotopic (exact) mass is 345 g/mol. The highest BCUT2D eigenvalue weighted by Crippen LogP contribution is 2.18. The second kappa shape index (κ2) is 8.37. The molecule has 0 fully saturated rings. The molecule has 5 heteroatoms. The Hall–Kier alpha value is -0.940. The van der Waals surface area contributed by atoms with Crippen molar-refractivity contribution in [3.8, 4) is 0 Å². The van der Waals surface area contributed by atoms with Crippen molar-refractivity contribution in [3.05, 3.63) is 34.1 Å². The Morgan fingerprint density at radius 2 is 2.15 bits per heavy atom. The van der Waals surface area contributed by atoms with Gasteiger partial charge in [0, 0.05) is 17.6 Å². The van der Waals surface area contributed by atoms with Crippen LogP contribution in [0.25, 0.3) is 0 Å². The van der Waals surface area contributed by atoms with Gasteiger partial charge in [-0.15, -0.1) is 0 Å². The van der Waals surface area contributed by atoms with Gasteiger partial charge in [-0.2, -0.15) is 0 Å². The third-order valence-electron chi connectivity index (χ3n) is 3.07. The van der Waals surface area contributed by atoms with E-state index < -0.39 is 5.82 Å². The number of benzene rings is 1. The molecule has 1 aromatic rings. The largest absolute Gasteiger partial charge is 0.396 e. The molecular formula is C15H21BrFNO2. The summed E-state index contributed by atoms with van der Waals surface area (Å²) < 4.78 is 13.7. The second-order valence-electron chi connectivity index (χ2n) is 5.34. The summed E-state index contributed by atoms with van der Waals surface area (Å²) >= 11 is 3.24. The molecule has 0 aliphatic rings. The number of halogens is 2. The normalized spacial score (nSPS) is 12.5. The SMILES string of the molecule is CC(C)CC(CCO)CNC(=O)c1cc(F)ccc1Br. The lowest BCUT2D eigenvalue weighted by atomic mass is 9.94. The maximum absolute atomic E-state index is 13.2. The number of carbonyl (C=O) groups is 1. The predicted octanol–water partition coefficient (Wildman–Crippen LogP) is 3.36. The summed E-state index contributed by atoms with van der Waals surface area (Å²) in [5, 5.41) is 11.9. The van der Waals surface area contributed by atoms with Crippen LogP contribution in [0.4, 0.5) is 4.39 Å². The van der Waals surface area contributed by atoms with Gasteiger partial charge in [0.25, 0.3) is 5.91 Å². The zero-order valence-corrected chi connectivity index (χ0v) is 13.4. The number of hydrogen-bond donors (Lipinski definition) is 2. The molecule has 1 aromatic carbocycles. The van der Waals surface area contributed by atoms with Gasteiger partial charge in [0.1, 0.15) is 5.82 Å². The van der Waals surface area contributed by atoms with Crippen molar-refractivity contribution >= 4 is 21.8 Å². The molecular weight excluding hydrogens is 325 g/mol. The fourth-order valence-electron chi connectivity index (χ4n) is 2.16. The number of aliphatic hydroxyl groups excluding tert-OH is 1. The third kappa shape index (κ3) is 5.59. The number of amides is 1. The van der Waals surface area contributed by atoms with E-state index >= 15 is 0 Å². The van der Waals surface area contributed by atoms with Gasteiger partial charge >= 0.3 is 0 Å². The minimum absolute atomic E-state index is 0.108. The van der Waals surface area contributed by atoms with Gasteiger partial charge in [0.15, 0.2) is 0 Å². The van der Waals surface area contributed by atoms with E-state index in [1.807, 2.05) is 0 Å². The lowest BCUT2D eigenvalue weighted by Gasteiger charge is -2.18. The molecule has 1 unspecified atom stereocenters. The molecule has 2 N–H and O–H groups in total. The summed E-state index contributed by atoms with van der Waals surface area (Å²) in [5.41, 5.74) is 0.289. The number of hydrogen-bond acceptors (Lipinski definition) is 2. The minimum atomic E-state index is -0.438. The predicted molar refractivity (Wildman–Crippen MR) is 81.1 cm³/mol. The van der Waals surface area contributed by atoms with E-state index in [-0.39, 0.29) is 24.0 Å². The fourth-order valence-corrected chi connectivity index (χ4v) is 2.58. The van der Waals surface area contributed by atoms with Crippen LogP contribution in [-0.2, 0) is 0 Å². The minimum Gasteiger partial charge on any atom is -0.396 e. The topological polar surface area (TPSA) is 49.3 Å². The fraction of sp³-hybridized carbons (Fsp3) is 0.533. The molecule has 0 saturated heterocycles. The van der Waals surface area contributed by atoms with Gasteiger partial charge in [0.05, 0.1) is 5.56 Å². The van der Waals surface area contributed by atoms with Gasteiger partial charge in [-0.3, -0.25) is 4.79 Å². The highest BCUT2D eigenvalue weighted by atomic mass is 79.9. The van der Waals surface area contributed by atoms with Gasteiger partial charge in [-0.1, -0.05) is 13.8 Å². The summed E-state index contributed by atoms with van der Waals surface area (Å²) in [7, 11) is 0. The number of nitrogens with one attached hydrogen (secondary N) is 1. The smallest absolute Gasteiger partial charge is 0.252 e. The van der Waals surface area contributed by atoms with E-state index in [1.165, 1.54) is 18.2 Å². The Balaban J connectivity index is 2.62. The highest BCUT2D eigenvalue weighted by Gasteiger charge is 2.15. The number of aliphatic hydroxyl groups is 1. The first-order valence-corrected chi connectivity index (χ1v) is 7.57. The molecule has 0 saturated carbocycles. The second-order valence-corrected chi connectivity index (χ2v) is 6.20. The Morgan fingerprint density at radius 3 is 2.75 bits per heavy atom. The molecule has 0 aromatic heterocycles. The first kappa shape index (κ1) is 17.1. The Kier molecular flexibility index (Phi) is 7.16. The average Bonchev–Trinajstić information content (AvgIpc) is 2.38. The molecule has 0 heterocycles. The van der Waals surface area contributed by atoms with E-state index in [4.69, 9.17) is 5.11 Å². The van der Waals surface area contributed by atoms with Crippen molar-refractivity contribution in [1.82, 2.24) is 5.32 Å². The van der Waals surface area contributed by atoms with Gasteiger partial charge in [0.2, 0.25) is 0 Å². The molecule has 1 rings (SSSR count). The van der Waals surface area contributed by atoms with Crippen molar-refractivity contribution < 1.29 is 14.3 Å². The average molecular weight is 346 g/mol. The van der Waals surface area contributed by atoms with Crippen LogP contribution in [0.15, 0.2) is 22.7 Å². The number of carbonyl (C=O) groups excluding carboxylic acids is 1. The van der Waals surface area contributed by atoms with Crippen LogP contribution in [0.5, 0.6) is 0 Å². The molecule has 0 aliphatic heterocycles. The molecule has 1 amide bonds. The molecule has 0 radical (unpaired) electrons. The summed E-state index contributed by atoms with van der Waals surface area (Å²) in [5.74, 6) is -0.00356. The van der Waals surface area contributed by atoms with Crippen LogP contribution in [-0.4, -0.2) is 24.2 Å². The van der Waals surface area contributed by atoms with Gasteiger partial charge in [-0.25, -0.2) is 4.39 Å². The van der Waals surface area contributed by atoms with Crippen molar-refractivity contribution in [2.24, 2.45) is 11.8 Å². The van der Waals surface area contributed by atoms with Crippen LogP contribution in [0, 0.1) is 17.7 Å². The molecule has 0 spiro atoms. The van der Waals surface area contributed by atoms with E-state index in [1.54, 1.807) is 0 Å². The van der Waals surface area contributed by atoms with Crippen LogP contribution in [0.1, 0.15) is 37.0 Å². The van der Waals surface area contributed by atoms with Crippen LogP contribution in [0.2, 0.25) is 0 Å². The van der Waals surface area contributed by atoms with Crippen molar-refractivity contribution in [2.45, 2.75) is 26.7 Å². The lowest BCUT2D eigenvalue weighted by Crippen LogP contribution is -2.30. The Morgan fingerprint density at radius 1 is 1.45 bits per heavy atom. The third-order valence-corrected chi connectivity index (χ3v) is 3.76. The number of rotatable bonds is 7. The van der Waals surface area contributed by atoms with Crippen molar-refractivity contribution in [1.29, 1.82) is 0 Å². The van der Waals surface area contributed by atoms with Gasteiger partial charge < -0.3 is 10.4 Å². The van der Waals surface area contributed by atoms with Crippen LogP contribution in [0.3, 0.4) is 0 Å². The molecule has 112 valence electrons. The van der Waals surface area contributed by atoms with Crippen molar-refractivity contribution in [3.63, 3.8) is 0 Å². The summed E-state index contributed by atoms with van der Waals surface area (Å²) in [4.78, 5) is 12.0. The quantitative estimate of drug-likeness (QED) is 0.795. The highest BCUT2D eigenvalue weighted by molar-refractivity contribution is 9.10. The molecule has 20 heavy (non-hydrogen) atoms. The Labute approximate surface area is 127 Å². The zero-order valence-electron chi connectivity index (χ0n) is 11.8. The molecule has 3 nitrogen and oxygen atoms in total. The standard InChI is InChI=1S/C15H21BrFNO2/c1-10(2)7-11(5-6-19)9-18-15(20)13-8-12(17)3-4-14(13)16/h3-4,8,10-11,19H,5-7,9H2,1-2H3,(H,18,20). The van der Waals surface area contributed by atoms with E-state index in [2.05, 4.69) is 35.1 Å². The summed E-state index contributed by atoms with van der Waals surface area (Å²) in [6, 6.07) is 4.03.